The molecule has 0 saturated carbocycles. The van der Waals surface area contributed by atoms with E-state index in [9.17, 15) is 5.11 Å². The summed E-state index contributed by atoms with van der Waals surface area (Å²) in [5.41, 5.74) is 0. The first-order valence-electron chi connectivity index (χ1n) is 6.37. The van der Waals surface area contributed by atoms with Gasteiger partial charge in [-0.05, 0) is 25.7 Å². The Morgan fingerprint density at radius 2 is 2.22 bits per heavy atom. The highest BCUT2D eigenvalue weighted by Crippen LogP contribution is 2.19. The number of aliphatic hydroxyl groups excluding tert-OH is 1. The van der Waals surface area contributed by atoms with Gasteiger partial charge >= 0.3 is 0 Å². The number of nitrogens with zero attached hydrogens (tertiary/aromatic N) is 2. The lowest BCUT2D eigenvalue weighted by atomic mass is 10.0. The van der Waals surface area contributed by atoms with Gasteiger partial charge in [0.25, 0.3) is 0 Å². The fourth-order valence-electron chi connectivity index (χ4n) is 1.72. The molecule has 1 rings (SSSR count). The summed E-state index contributed by atoms with van der Waals surface area (Å²) < 4.78 is 5.18. The van der Waals surface area contributed by atoms with Crippen LogP contribution >= 0.6 is 0 Å². The van der Waals surface area contributed by atoms with Crippen molar-refractivity contribution in [2.24, 2.45) is 5.92 Å². The van der Waals surface area contributed by atoms with E-state index in [1.54, 1.807) is 6.92 Å². The third-order valence-electron chi connectivity index (χ3n) is 2.75. The highest BCUT2D eigenvalue weighted by molar-refractivity contribution is 4.93. The molecule has 102 valence electrons. The summed E-state index contributed by atoms with van der Waals surface area (Å²) in [4.78, 5) is 4.23. The highest BCUT2D eigenvalue weighted by atomic mass is 16.5. The standard InChI is InChI=1S/C13H23N3O2/c1-5-6-7-11(17)8-14-12(9(2)3)13-15-10(4)16-18-13/h5,9,11-12,14,17H,1,6-8H2,2-4H3. The first-order chi connectivity index (χ1) is 8.54. The van der Waals surface area contributed by atoms with Crippen molar-refractivity contribution in [1.82, 2.24) is 15.5 Å². The normalized spacial score (nSPS) is 14.7. The molecule has 0 aliphatic rings. The molecule has 2 unspecified atom stereocenters. The topological polar surface area (TPSA) is 71.2 Å². The Labute approximate surface area is 108 Å². The number of aliphatic hydroxyl groups is 1. The monoisotopic (exact) mass is 253 g/mol. The molecule has 5 nitrogen and oxygen atoms in total. The number of rotatable bonds is 8. The van der Waals surface area contributed by atoms with Crippen molar-refractivity contribution in [1.29, 1.82) is 0 Å². The number of nitrogens with one attached hydrogen (secondary N) is 1. The van der Waals surface area contributed by atoms with Gasteiger partial charge in [-0.1, -0.05) is 25.1 Å². The Bertz CT molecular complexity index is 363. The smallest absolute Gasteiger partial charge is 0.244 e. The summed E-state index contributed by atoms with van der Waals surface area (Å²) in [7, 11) is 0. The summed E-state index contributed by atoms with van der Waals surface area (Å²) in [5, 5.41) is 16.9. The van der Waals surface area contributed by atoms with Gasteiger partial charge < -0.3 is 14.9 Å². The van der Waals surface area contributed by atoms with Crippen molar-refractivity contribution in [2.75, 3.05) is 6.54 Å². The van der Waals surface area contributed by atoms with E-state index in [2.05, 4.69) is 35.9 Å². The Morgan fingerprint density at radius 3 is 2.72 bits per heavy atom. The third kappa shape index (κ3) is 4.58. The van der Waals surface area contributed by atoms with E-state index in [-0.39, 0.29) is 12.1 Å². The van der Waals surface area contributed by atoms with Gasteiger partial charge in [0.05, 0.1) is 12.1 Å². The van der Waals surface area contributed by atoms with Crippen LogP contribution in [0.2, 0.25) is 0 Å². The minimum Gasteiger partial charge on any atom is -0.392 e. The van der Waals surface area contributed by atoms with Crippen molar-refractivity contribution in [2.45, 2.75) is 45.8 Å². The molecule has 2 N–H and O–H groups in total. The van der Waals surface area contributed by atoms with Crippen LogP contribution in [-0.4, -0.2) is 27.9 Å². The van der Waals surface area contributed by atoms with Crippen LogP contribution in [0.25, 0.3) is 0 Å². The quantitative estimate of drug-likeness (QED) is 0.693. The van der Waals surface area contributed by atoms with Crippen LogP contribution in [0, 0.1) is 12.8 Å². The molecule has 1 aromatic heterocycles. The van der Waals surface area contributed by atoms with Crippen LogP contribution in [0.5, 0.6) is 0 Å². The lowest BCUT2D eigenvalue weighted by molar-refractivity contribution is 0.150. The average molecular weight is 253 g/mol. The van der Waals surface area contributed by atoms with Crippen LogP contribution in [0.4, 0.5) is 0 Å². The van der Waals surface area contributed by atoms with Crippen molar-refractivity contribution in [3.8, 4) is 0 Å². The number of aromatic nitrogens is 2. The molecule has 0 radical (unpaired) electrons. The number of aryl methyl sites for hydroxylation is 1. The van der Waals surface area contributed by atoms with Crippen molar-refractivity contribution in [3.05, 3.63) is 24.4 Å². The minimum absolute atomic E-state index is 0.0235. The van der Waals surface area contributed by atoms with Gasteiger partial charge in [-0.3, -0.25) is 0 Å². The summed E-state index contributed by atoms with van der Waals surface area (Å²) in [6.07, 6.45) is 2.96. The molecule has 0 aromatic carbocycles. The summed E-state index contributed by atoms with van der Waals surface area (Å²) in [5.74, 6) is 1.53. The molecule has 18 heavy (non-hydrogen) atoms. The summed E-state index contributed by atoms with van der Waals surface area (Å²) in [6, 6.07) is -0.0235. The second-order valence-corrected chi connectivity index (χ2v) is 4.83. The zero-order chi connectivity index (χ0) is 13.5. The molecule has 1 aromatic rings. The lowest BCUT2D eigenvalue weighted by Gasteiger charge is -2.20. The largest absolute Gasteiger partial charge is 0.392 e. The van der Waals surface area contributed by atoms with Gasteiger partial charge in [0.1, 0.15) is 0 Å². The van der Waals surface area contributed by atoms with Crippen LogP contribution in [0.15, 0.2) is 17.2 Å². The van der Waals surface area contributed by atoms with Crippen LogP contribution in [0.1, 0.15) is 44.4 Å². The molecule has 0 aliphatic heterocycles. The maximum Gasteiger partial charge on any atom is 0.244 e. The van der Waals surface area contributed by atoms with Gasteiger partial charge in [0.2, 0.25) is 5.89 Å². The zero-order valence-corrected chi connectivity index (χ0v) is 11.4. The average Bonchev–Trinajstić information content (AvgIpc) is 2.73. The van der Waals surface area contributed by atoms with Crippen molar-refractivity contribution >= 4 is 0 Å². The molecular weight excluding hydrogens is 230 g/mol. The lowest BCUT2D eigenvalue weighted by Crippen LogP contribution is -2.33. The molecule has 1 heterocycles. The molecule has 0 amide bonds. The van der Waals surface area contributed by atoms with E-state index in [0.29, 0.717) is 30.6 Å². The maximum absolute atomic E-state index is 9.79. The van der Waals surface area contributed by atoms with Crippen LogP contribution < -0.4 is 5.32 Å². The van der Waals surface area contributed by atoms with Crippen LogP contribution in [0.3, 0.4) is 0 Å². The predicted octanol–water partition coefficient (Wildman–Crippen LogP) is 1.99. The number of allylic oxidation sites excluding steroid dienone is 1. The molecule has 0 saturated heterocycles. The van der Waals surface area contributed by atoms with Gasteiger partial charge in [0, 0.05) is 6.54 Å². The molecular formula is C13H23N3O2. The van der Waals surface area contributed by atoms with Crippen LogP contribution in [-0.2, 0) is 0 Å². The predicted molar refractivity (Wildman–Crippen MR) is 70.1 cm³/mol. The van der Waals surface area contributed by atoms with Gasteiger partial charge in [-0.2, -0.15) is 4.98 Å². The third-order valence-corrected chi connectivity index (χ3v) is 2.75. The van der Waals surface area contributed by atoms with E-state index in [0.717, 1.165) is 6.42 Å². The van der Waals surface area contributed by atoms with Crippen molar-refractivity contribution < 1.29 is 9.63 Å². The Balaban J connectivity index is 2.51. The Hall–Kier alpha value is -1.20. The minimum atomic E-state index is -0.381. The number of hydrogen-bond donors (Lipinski definition) is 2. The second kappa shape index (κ2) is 7.28. The van der Waals surface area contributed by atoms with E-state index in [4.69, 9.17) is 4.52 Å². The maximum atomic E-state index is 9.79. The number of hydrogen-bond acceptors (Lipinski definition) is 5. The molecule has 0 spiro atoms. The van der Waals surface area contributed by atoms with Crippen molar-refractivity contribution in [3.63, 3.8) is 0 Å². The van der Waals surface area contributed by atoms with Gasteiger partial charge in [0.15, 0.2) is 5.82 Å². The van der Waals surface area contributed by atoms with E-state index >= 15 is 0 Å². The molecule has 5 heteroatoms. The zero-order valence-electron chi connectivity index (χ0n) is 11.4. The first-order valence-corrected chi connectivity index (χ1v) is 6.37. The molecule has 0 bridgehead atoms. The van der Waals surface area contributed by atoms with Gasteiger partial charge in [-0.15, -0.1) is 6.58 Å². The Morgan fingerprint density at radius 1 is 1.50 bits per heavy atom. The Kier molecular flexibility index (Phi) is 6.01. The molecule has 0 fully saturated rings. The molecule has 2 atom stereocenters. The molecule has 0 aliphatic carbocycles. The van der Waals surface area contributed by atoms with E-state index in [1.165, 1.54) is 0 Å². The van der Waals surface area contributed by atoms with E-state index < -0.39 is 0 Å². The highest BCUT2D eigenvalue weighted by Gasteiger charge is 2.22. The SMILES string of the molecule is C=CCCC(O)CNC(c1nc(C)no1)C(C)C. The fourth-order valence-corrected chi connectivity index (χ4v) is 1.72. The first kappa shape index (κ1) is 14.9. The summed E-state index contributed by atoms with van der Waals surface area (Å²) >= 11 is 0. The second-order valence-electron chi connectivity index (χ2n) is 4.83. The van der Waals surface area contributed by atoms with E-state index in [1.807, 2.05) is 6.08 Å². The van der Waals surface area contributed by atoms with Gasteiger partial charge in [-0.25, -0.2) is 0 Å². The fraction of sp³-hybridized carbons (Fsp3) is 0.692. The summed E-state index contributed by atoms with van der Waals surface area (Å²) in [6.45, 7) is 10.1.